The Bertz CT molecular complexity index is 899. The molecule has 1 saturated carbocycles. The van der Waals surface area contributed by atoms with E-state index in [-0.39, 0.29) is 33.0 Å². The van der Waals surface area contributed by atoms with Gasteiger partial charge in [0.25, 0.3) is 15.9 Å². The van der Waals surface area contributed by atoms with Crippen molar-refractivity contribution in [3.63, 3.8) is 0 Å². The minimum atomic E-state index is -4.11. The number of carbonyl (C=O) groups is 1. The van der Waals surface area contributed by atoms with Crippen LogP contribution < -0.4 is 9.46 Å². The van der Waals surface area contributed by atoms with Crippen LogP contribution in [0.15, 0.2) is 27.6 Å². The van der Waals surface area contributed by atoms with Crippen molar-refractivity contribution < 1.29 is 22.5 Å². The molecule has 2 aromatic rings. The molecule has 134 valence electrons. The molecule has 1 N–H and O–H groups in total. The highest BCUT2D eigenvalue weighted by atomic mass is 35.5. The summed E-state index contributed by atoms with van der Waals surface area (Å²) in [6.07, 6.45) is 3.31. The van der Waals surface area contributed by atoms with Crippen LogP contribution in [0.2, 0.25) is 5.02 Å². The Morgan fingerprint density at radius 3 is 2.60 bits per heavy atom. The second-order valence-electron chi connectivity index (χ2n) is 5.90. The van der Waals surface area contributed by atoms with E-state index in [0.717, 1.165) is 19.3 Å². The smallest absolute Gasteiger partial charge is 0.269 e. The summed E-state index contributed by atoms with van der Waals surface area (Å²) >= 11 is 6.12. The highest BCUT2D eigenvalue weighted by molar-refractivity contribution is 7.90. The Morgan fingerprint density at radius 2 is 2.08 bits per heavy atom. The van der Waals surface area contributed by atoms with Crippen LogP contribution in [0.5, 0.6) is 5.75 Å². The number of nitrogens with zero attached hydrogens (tertiary/aromatic N) is 1. The molecule has 7 nitrogen and oxygen atoms in total. The number of hydrogen-bond acceptors (Lipinski definition) is 6. The first-order valence-electron chi connectivity index (χ1n) is 7.74. The van der Waals surface area contributed by atoms with Gasteiger partial charge in [-0.2, -0.15) is 0 Å². The minimum absolute atomic E-state index is 0.0398. The Kier molecular flexibility index (Phi) is 4.75. The molecule has 0 atom stereocenters. The van der Waals surface area contributed by atoms with Gasteiger partial charge in [-0.1, -0.05) is 16.8 Å². The summed E-state index contributed by atoms with van der Waals surface area (Å²) in [6.45, 7) is 2.94. The number of hydrogen-bond donors (Lipinski definition) is 1. The molecular formula is C16H17ClN2O5S. The van der Waals surface area contributed by atoms with Gasteiger partial charge in [-0.3, -0.25) is 4.79 Å². The summed E-state index contributed by atoms with van der Waals surface area (Å²) in [4.78, 5) is 12.2. The molecule has 0 unspecified atom stereocenters. The minimum Gasteiger partial charge on any atom is -0.490 e. The van der Waals surface area contributed by atoms with Crippen LogP contribution in [0.25, 0.3) is 0 Å². The predicted octanol–water partition coefficient (Wildman–Crippen LogP) is 2.99. The summed E-state index contributed by atoms with van der Waals surface area (Å²) in [5.41, 5.74) is 0.214. The lowest BCUT2D eigenvalue weighted by atomic mass is 9.96. The third-order valence-electron chi connectivity index (χ3n) is 4.00. The van der Waals surface area contributed by atoms with Gasteiger partial charge in [0, 0.05) is 0 Å². The van der Waals surface area contributed by atoms with Gasteiger partial charge in [-0.25, -0.2) is 13.1 Å². The number of aryl methyl sites for hydroxylation is 2. The van der Waals surface area contributed by atoms with Crippen molar-refractivity contribution in [1.29, 1.82) is 0 Å². The number of ether oxygens (including phenoxy) is 1. The SMILES string of the molecule is Cc1noc(C)c1S(=O)(=O)NC(=O)c1ccc(OC2CCC2)cc1Cl. The highest BCUT2D eigenvalue weighted by Gasteiger charge is 2.27. The van der Waals surface area contributed by atoms with Crippen molar-refractivity contribution in [2.75, 3.05) is 0 Å². The largest absolute Gasteiger partial charge is 0.490 e. The van der Waals surface area contributed by atoms with E-state index >= 15 is 0 Å². The summed E-state index contributed by atoms with van der Waals surface area (Å²) in [6, 6.07) is 4.55. The van der Waals surface area contributed by atoms with E-state index in [1.54, 1.807) is 6.07 Å². The maximum atomic E-state index is 12.4. The topological polar surface area (TPSA) is 98.5 Å². The number of aromatic nitrogens is 1. The summed E-state index contributed by atoms with van der Waals surface area (Å²) in [5.74, 6) is -0.173. The number of rotatable bonds is 5. The lowest BCUT2D eigenvalue weighted by Gasteiger charge is -2.26. The average Bonchev–Trinajstić information content (AvgIpc) is 2.82. The fourth-order valence-corrected chi connectivity index (χ4v) is 4.08. The van der Waals surface area contributed by atoms with Crippen molar-refractivity contribution in [2.45, 2.75) is 44.1 Å². The second kappa shape index (κ2) is 6.68. The molecule has 0 aliphatic heterocycles. The number of sulfonamides is 1. The zero-order valence-corrected chi connectivity index (χ0v) is 15.3. The lowest BCUT2D eigenvalue weighted by molar-refractivity contribution is 0.0981. The normalized spacial score (nSPS) is 14.8. The standard InChI is InChI=1S/C16H17ClN2O5S/c1-9-15(10(2)24-18-9)25(21,22)19-16(20)13-7-6-12(8-14(13)17)23-11-4-3-5-11/h6-8,11H,3-5H2,1-2H3,(H,19,20). The summed E-state index contributed by atoms with van der Waals surface area (Å²) in [5, 5.41) is 3.70. The van der Waals surface area contributed by atoms with Crippen LogP contribution in [-0.2, 0) is 10.0 Å². The number of carbonyl (C=O) groups excluding carboxylic acids is 1. The Balaban J connectivity index is 1.78. The first-order chi connectivity index (χ1) is 11.8. The van der Waals surface area contributed by atoms with E-state index in [1.165, 1.54) is 26.0 Å². The van der Waals surface area contributed by atoms with Crippen LogP contribution >= 0.6 is 11.6 Å². The fraction of sp³-hybridized carbons (Fsp3) is 0.375. The van der Waals surface area contributed by atoms with Gasteiger partial charge in [0.1, 0.15) is 11.4 Å². The molecule has 0 spiro atoms. The maximum Gasteiger partial charge on any atom is 0.269 e. The number of amides is 1. The van der Waals surface area contributed by atoms with Gasteiger partial charge in [-0.15, -0.1) is 0 Å². The zero-order chi connectivity index (χ0) is 18.2. The van der Waals surface area contributed by atoms with E-state index in [1.807, 2.05) is 4.72 Å². The van der Waals surface area contributed by atoms with E-state index < -0.39 is 15.9 Å². The van der Waals surface area contributed by atoms with E-state index in [0.29, 0.717) is 5.75 Å². The van der Waals surface area contributed by atoms with Gasteiger partial charge in [0.05, 0.1) is 16.7 Å². The molecule has 25 heavy (non-hydrogen) atoms. The molecule has 0 bridgehead atoms. The van der Waals surface area contributed by atoms with Gasteiger partial charge in [0.2, 0.25) is 0 Å². The summed E-state index contributed by atoms with van der Waals surface area (Å²) in [7, 11) is -4.11. The van der Waals surface area contributed by atoms with Crippen molar-refractivity contribution in [3.8, 4) is 5.75 Å². The van der Waals surface area contributed by atoms with Crippen LogP contribution in [0.1, 0.15) is 41.1 Å². The molecule has 1 fully saturated rings. The molecule has 3 rings (SSSR count). The Morgan fingerprint density at radius 1 is 1.36 bits per heavy atom. The van der Waals surface area contributed by atoms with Gasteiger partial charge in [0.15, 0.2) is 10.7 Å². The van der Waals surface area contributed by atoms with Crippen LogP contribution in [0.3, 0.4) is 0 Å². The van der Waals surface area contributed by atoms with E-state index in [9.17, 15) is 13.2 Å². The van der Waals surface area contributed by atoms with Gasteiger partial charge < -0.3 is 9.26 Å². The van der Waals surface area contributed by atoms with Gasteiger partial charge in [-0.05, 0) is 51.3 Å². The monoisotopic (exact) mass is 384 g/mol. The van der Waals surface area contributed by atoms with Gasteiger partial charge >= 0.3 is 0 Å². The first kappa shape index (κ1) is 17.8. The van der Waals surface area contributed by atoms with Crippen molar-refractivity contribution in [1.82, 2.24) is 9.88 Å². The second-order valence-corrected chi connectivity index (χ2v) is 7.93. The third kappa shape index (κ3) is 3.64. The lowest BCUT2D eigenvalue weighted by Crippen LogP contribution is -2.31. The summed E-state index contributed by atoms with van der Waals surface area (Å²) < 4.78 is 37.3. The van der Waals surface area contributed by atoms with Crippen molar-refractivity contribution >= 4 is 27.5 Å². The van der Waals surface area contributed by atoms with E-state index in [2.05, 4.69) is 5.16 Å². The molecule has 1 heterocycles. The number of halogens is 1. The highest BCUT2D eigenvalue weighted by Crippen LogP contribution is 2.29. The van der Waals surface area contributed by atoms with Crippen molar-refractivity contribution in [3.05, 3.63) is 40.2 Å². The van der Waals surface area contributed by atoms with Crippen LogP contribution in [0.4, 0.5) is 0 Å². The molecule has 1 aliphatic carbocycles. The molecule has 1 aromatic carbocycles. The molecule has 1 amide bonds. The number of benzene rings is 1. The predicted molar refractivity (Wildman–Crippen MR) is 90.3 cm³/mol. The maximum absolute atomic E-state index is 12.4. The molecule has 9 heteroatoms. The van der Waals surface area contributed by atoms with Crippen LogP contribution in [-0.4, -0.2) is 25.6 Å². The quantitative estimate of drug-likeness (QED) is 0.850. The Hall–Kier alpha value is -2.06. The molecule has 0 radical (unpaired) electrons. The molecule has 1 aromatic heterocycles. The van der Waals surface area contributed by atoms with E-state index in [4.69, 9.17) is 20.9 Å². The first-order valence-corrected chi connectivity index (χ1v) is 9.60. The fourth-order valence-electron chi connectivity index (χ4n) is 2.52. The molecular weight excluding hydrogens is 368 g/mol. The molecule has 1 aliphatic rings. The average molecular weight is 385 g/mol. The number of nitrogens with one attached hydrogen (secondary N) is 1. The zero-order valence-electron chi connectivity index (χ0n) is 13.7. The third-order valence-corrected chi connectivity index (χ3v) is 5.89. The Labute approximate surface area is 150 Å². The van der Waals surface area contributed by atoms with Crippen molar-refractivity contribution in [2.24, 2.45) is 0 Å². The molecule has 0 saturated heterocycles. The van der Waals surface area contributed by atoms with Crippen LogP contribution in [0, 0.1) is 13.8 Å².